The van der Waals surface area contributed by atoms with Crippen LogP contribution in [-0.2, 0) is 38.8 Å². The third-order valence-electron chi connectivity index (χ3n) is 7.65. The monoisotopic (exact) mass is 665 g/mol. The minimum Gasteiger partial charge on any atom is -0.354 e. The van der Waals surface area contributed by atoms with Crippen molar-refractivity contribution in [2.75, 3.05) is 17.4 Å². The number of aryl methyl sites for hydroxylation is 1. The molecule has 1 N–H and O–H groups in total. The van der Waals surface area contributed by atoms with Gasteiger partial charge in [0, 0.05) is 19.5 Å². The van der Waals surface area contributed by atoms with E-state index in [0.717, 1.165) is 29.7 Å². The van der Waals surface area contributed by atoms with Crippen molar-refractivity contribution in [3.63, 3.8) is 0 Å². The number of carbonyl (C=O) groups excluding carboxylic acids is 2. The normalized spacial score (nSPS) is 12.3. The Kier molecular flexibility index (Phi) is 11.8. The summed E-state index contributed by atoms with van der Waals surface area (Å²) in [6.45, 7) is 3.38. The first-order chi connectivity index (χ1) is 22.4. The van der Waals surface area contributed by atoms with Gasteiger partial charge < -0.3 is 10.2 Å². The number of rotatable bonds is 14. The SMILES string of the molecule is CCCCNC(=O)[C@@H](Cc1ccccc1)N(Cc1ccc(C)cc1)C(=O)CN(c1cccc(C(F)(F)F)c1)S(=O)(=O)c1ccccc1. The molecule has 2 amide bonds. The smallest absolute Gasteiger partial charge is 0.354 e. The van der Waals surface area contributed by atoms with Crippen LogP contribution in [0.5, 0.6) is 0 Å². The summed E-state index contributed by atoms with van der Waals surface area (Å²) in [7, 11) is -4.53. The molecule has 0 aliphatic heterocycles. The average Bonchev–Trinajstić information content (AvgIpc) is 3.06. The number of carbonyl (C=O) groups is 2. The Hall–Kier alpha value is -4.64. The molecule has 4 aromatic rings. The quantitative estimate of drug-likeness (QED) is 0.151. The van der Waals surface area contributed by atoms with Crippen molar-refractivity contribution in [1.82, 2.24) is 10.2 Å². The molecular weight excluding hydrogens is 627 g/mol. The number of nitrogens with one attached hydrogen (secondary N) is 1. The summed E-state index contributed by atoms with van der Waals surface area (Å²) < 4.78 is 70.0. The van der Waals surface area contributed by atoms with Crippen molar-refractivity contribution < 1.29 is 31.2 Å². The fraction of sp³-hybridized carbons (Fsp3) is 0.278. The number of alkyl halides is 3. The molecular formula is C36H38F3N3O4S. The van der Waals surface area contributed by atoms with Gasteiger partial charge in [-0.15, -0.1) is 0 Å². The number of halogens is 3. The predicted molar refractivity (Wildman–Crippen MR) is 176 cm³/mol. The zero-order valence-corrected chi connectivity index (χ0v) is 27.1. The summed E-state index contributed by atoms with van der Waals surface area (Å²) in [5.74, 6) is -1.17. The van der Waals surface area contributed by atoms with Gasteiger partial charge in [-0.3, -0.25) is 13.9 Å². The van der Waals surface area contributed by atoms with Crippen LogP contribution in [0.3, 0.4) is 0 Å². The number of nitrogens with zero attached hydrogens (tertiary/aromatic N) is 2. The molecule has 4 aromatic carbocycles. The molecule has 4 rings (SSSR count). The van der Waals surface area contributed by atoms with Crippen LogP contribution in [0.25, 0.3) is 0 Å². The summed E-state index contributed by atoms with van der Waals surface area (Å²) >= 11 is 0. The van der Waals surface area contributed by atoms with Gasteiger partial charge in [-0.25, -0.2) is 8.42 Å². The summed E-state index contributed by atoms with van der Waals surface area (Å²) in [4.78, 5) is 29.3. The molecule has 0 bridgehead atoms. The van der Waals surface area contributed by atoms with Gasteiger partial charge >= 0.3 is 6.18 Å². The highest BCUT2D eigenvalue weighted by atomic mass is 32.2. The van der Waals surface area contributed by atoms with Gasteiger partial charge in [0.25, 0.3) is 10.0 Å². The van der Waals surface area contributed by atoms with E-state index in [-0.39, 0.29) is 23.5 Å². The molecule has 0 spiro atoms. The van der Waals surface area contributed by atoms with E-state index in [4.69, 9.17) is 0 Å². The molecule has 7 nitrogen and oxygen atoms in total. The highest BCUT2D eigenvalue weighted by Gasteiger charge is 2.36. The molecule has 0 aliphatic rings. The molecule has 0 heterocycles. The van der Waals surface area contributed by atoms with Crippen LogP contribution in [-0.4, -0.2) is 44.3 Å². The number of hydrogen-bond donors (Lipinski definition) is 1. The van der Waals surface area contributed by atoms with Gasteiger partial charge in [-0.1, -0.05) is 97.8 Å². The van der Waals surface area contributed by atoms with E-state index < -0.39 is 46.2 Å². The Bertz CT molecular complexity index is 1730. The Balaban J connectivity index is 1.82. The Labute approximate surface area is 274 Å². The minimum absolute atomic E-state index is 0.0420. The van der Waals surface area contributed by atoms with Crippen LogP contribution in [0, 0.1) is 6.92 Å². The summed E-state index contributed by atoms with van der Waals surface area (Å²) in [6.07, 6.45) is -3.07. The summed E-state index contributed by atoms with van der Waals surface area (Å²) in [6, 6.07) is 26.5. The van der Waals surface area contributed by atoms with E-state index in [1.54, 1.807) is 6.07 Å². The molecule has 0 saturated heterocycles. The Morgan fingerprint density at radius 2 is 1.47 bits per heavy atom. The van der Waals surface area contributed by atoms with E-state index >= 15 is 0 Å². The van der Waals surface area contributed by atoms with Crippen molar-refractivity contribution >= 4 is 27.5 Å². The third-order valence-corrected chi connectivity index (χ3v) is 9.43. The first kappa shape index (κ1) is 35.2. The molecule has 11 heteroatoms. The first-order valence-corrected chi connectivity index (χ1v) is 16.8. The lowest BCUT2D eigenvalue weighted by Crippen LogP contribution is -2.53. The lowest BCUT2D eigenvalue weighted by atomic mass is 10.0. The van der Waals surface area contributed by atoms with E-state index in [1.807, 2.05) is 68.4 Å². The molecule has 0 aliphatic carbocycles. The number of hydrogen-bond acceptors (Lipinski definition) is 4. The lowest BCUT2D eigenvalue weighted by Gasteiger charge is -2.34. The number of benzene rings is 4. The van der Waals surface area contributed by atoms with Crippen molar-refractivity contribution in [3.05, 3.63) is 131 Å². The molecule has 248 valence electrons. The molecule has 0 unspecified atom stereocenters. The number of amides is 2. The van der Waals surface area contributed by atoms with Gasteiger partial charge in [0.2, 0.25) is 11.8 Å². The minimum atomic E-state index is -4.75. The maximum Gasteiger partial charge on any atom is 0.416 e. The summed E-state index contributed by atoms with van der Waals surface area (Å²) in [5.41, 5.74) is 1.05. The molecule has 0 radical (unpaired) electrons. The zero-order chi connectivity index (χ0) is 34.0. The molecule has 0 saturated carbocycles. The van der Waals surface area contributed by atoms with E-state index in [1.165, 1.54) is 35.2 Å². The van der Waals surface area contributed by atoms with Gasteiger partial charge in [-0.2, -0.15) is 13.2 Å². The number of anilines is 1. The van der Waals surface area contributed by atoms with Gasteiger partial charge in [0.1, 0.15) is 12.6 Å². The second-order valence-corrected chi connectivity index (χ2v) is 13.1. The van der Waals surface area contributed by atoms with Crippen LogP contribution in [0.1, 0.15) is 42.0 Å². The summed E-state index contributed by atoms with van der Waals surface area (Å²) in [5, 5.41) is 2.91. The Morgan fingerprint density at radius 3 is 2.09 bits per heavy atom. The maximum atomic E-state index is 14.4. The van der Waals surface area contributed by atoms with Crippen LogP contribution in [0.2, 0.25) is 0 Å². The van der Waals surface area contributed by atoms with Gasteiger partial charge in [0.15, 0.2) is 0 Å². The highest BCUT2D eigenvalue weighted by Crippen LogP contribution is 2.33. The fourth-order valence-electron chi connectivity index (χ4n) is 5.04. The van der Waals surface area contributed by atoms with Gasteiger partial charge in [-0.05, 0) is 54.8 Å². The topological polar surface area (TPSA) is 86.8 Å². The molecule has 0 fully saturated rings. The number of unbranched alkanes of at least 4 members (excludes halogenated alkanes) is 1. The standard InChI is InChI=1S/C36H38F3N3O4S/c1-3-4-22-40-35(44)33(23-28-12-7-5-8-13-28)41(25-29-20-18-27(2)19-21-29)34(43)26-42(47(45,46)32-16-9-6-10-17-32)31-15-11-14-30(24-31)36(37,38)39/h5-21,24,33H,3-4,22-23,25-26H2,1-2H3,(H,40,44)/t33-/m1/s1. The maximum absolute atomic E-state index is 14.4. The zero-order valence-electron chi connectivity index (χ0n) is 26.3. The molecule has 1 atom stereocenters. The fourth-order valence-corrected chi connectivity index (χ4v) is 6.46. The third kappa shape index (κ3) is 9.45. The van der Waals surface area contributed by atoms with E-state index in [2.05, 4.69) is 5.32 Å². The molecule has 0 aromatic heterocycles. The second kappa shape index (κ2) is 15.8. The largest absolute Gasteiger partial charge is 0.416 e. The predicted octanol–water partition coefficient (Wildman–Crippen LogP) is 6.77. The van der Waals surface area contributed by atoms with Gasteiger partial charge in [0.05, 0.1) is 16.1 Å². The van der Waals surface area contributed by atoms with E-state index in [9.17, 15) is 31.2 Å². The number of sulfonamides is 1. The highest BCUT2D eigenvalue weighted by molar-refractivity contribution is 7.92. The molecule has 47 heavy (non-hydrogen) atoms. The van der Waals surface area contributed by atoms with Crippen LogP contribution in [0.4, 0.5) is 18.9 Å². The lowest BCUT2D eigenvalue weighted by molar-refractivity contribution is -0.140. The van der Waals surface area contributed by atoms with Crippen molar-refractivity contribution in [2.24, 2.45) is 0 Å². The van der Waals surface area contributed by atoms with Crippen molar-refractivity contribution in [1.29, 1.82) is 0 Å². The first-order valence-electron chi connectivity index (χ1n) is 15.3. The van der Waals surface area contributed by atoms with Crippen LogP contribution >= 0.6 is 0 Å². The van der Waals surface area contributed by atoms with Crippen LogP contribution in [0.15, 0.2) is 114 Å². The Morgan fingerprint density at radius 1 is 0.830 bits per heavy atom. The van der Waals surface area contributed by atoms with Crippen LogP contribution < -0.4 is 9.62 Å². The van der Waals surface area contributed by atoms with Crippen molar-refractivity contribution in [3.8, 4) is 0 Å². The average molecular weight is 666 g/mol. The second-order valence-electron chi connectivity index (χ2n) is 11.2. The van der Waals surface area contributed by atoms with Crippen molar-refractivity contribution in [2.45, 2.75) is 56.8 Å². The van der Waals surface area contributed by atoms with E-state index in [0.29, 0.717) is 28.9 Å².